The van der Waals surface area contributed by atoms with E-state index in [-0.39, 0.29) is 54.4 Å². The second kappa shape index (κ2) is 10.4. The number of Topliss-reactive ketones (excluding diaryl/α,β-unsaturated/α-hetero) is 1. The molecule has 0 radical (unpaired) electrons. The predicted octanol–water partition coefficient (Wildman–Crippen LogP) is 3.63. The van der Waals surface area contributed by atoms with Crippen LogP contribution in [-0.2, 0) is 22.1 Å². The normalized spacial score (nSPS) is 21.1. The maximum atomic E-state index is 13.8. The third-order valence-corrected chi connectivity index (χ3v) is 6.98. The fourth-order valence-electron chi connectivity index (χ4n) is 5.28. The Kier molecular flexibility index (Phi) is 7.55. The van der Waals surface area contributed by atoms with Crippen LogP contribution in [0.25, 0.3) is 5.69 Å². The number of rotatable bonds is 7. The molecule has 206 valence electrons. The smallest absolute Gasteiger partial charge is 0.435 e. The van der Waals surface area contributed by atoms with Crippen molar-refractivity contribution < 1.29 is 32.3 Å². The van der Waals surface area contributed by atoms with Gasteiger partial charge in [0.05, 0.1) is 29.1 Å². The number of primary amides is 1. The molecule has 0 saturated heterocycles. The summed E-state index contributed by atoms with van der Waals surface area (Å²) in [5.41, 5.74) is 4.48. The molecule has 0 aliphatic heterocycles. The third kappa shape index (κ3) is 5.85. The molecule has 9 nitrogen and oxygen atoms in total. The Balaban J connectivity index is 1.64. The number of carbonyl (C=O) groups is 3. The molecule has 2 aliphatic rings. The number of hydrogen-bond donors (Lipinski definition) is 3. The van der Waals surface area contributed by atoms with Crippen LogP contribution in [0.2, 0.25) is 0 Å². The van der Waals surface area contributed by atoms with Gasteiger partial charge in [0.2, 0.25) is 0 Å². The van der Waals surface area contributed by atoms with Crippen LogP contribution in [-0.4, -0.2) is 53.2 Å². The van der Waals surface area contributed by atoms with Crippen molar-refractivity contribution in [2.45, 2.75) is 70.7 Å². The summed E-state index contributed by atoms with van der Waals surface area (Å²) in [4.78, 5) is 36.7. The molecule has 0 spiro atoms. The number of nitrogens with one attached hydrogen (secondary N) is 2. The SMILES string of the molecule is CNCC(=O)O[C@H]1CC[C@H](Nc2cc(-n3nc(C(F)(F)F)c4c3CC(C)(C)CC4=O)ccc2C(N)=O)CC1. The van der Waals surface area contributed by atoms with E-state index in [1.807, 2.05) is 13.8 Å². The van der Waals surface area contributed by atoms with Gasteiger partial charge in [-0.15, -0.1) is 0 Å². The lowest BCUT2D eigenvalue weighted by Gasteiger charge is -2.30. The van der Waals surface area contributed by atoms with Crippen LogP contribution in [0.3, 0.4) is 0 Å². The Labute approximate surface area is 218 Å². The largest absolute Gasteiger partial charge is 0.461 e. The van der Waals surface area contributed by atoms with Gasteiger partial charge < -0.3 is 21.1 Å². The van der Waals surface area contributed by atoms with Crippen LogP contribution in [0.5, 0.6) is 0 Å². The number of fused-ring (bicyclic) bond motifs is 1. The van der Waals surface area contributed by atoms with E-state index in [9.17, 15) is 27.6 Å². The van der Waals surface area contributed by atoms with Crippen molar-refractivity contribution in [2.75, 3.05) is 18.9 Å². The Morgan fingerprint density at radius 3 is 2.47 bits per heavy atom. The summed E-state index contributed by atoms with van der Waals surface area (Å²) in [7, 11) is 1.66. The van der Waals surface area contributed by atoms with E-state index >= 15 is 0 Å². The lowest BCUT2D eigenvalue weighted by molar-refractivity contribution is -0.149. The Morgan fingerprint density at radius 2 is 1.87 bits per heavy atom. The number of halogens is 3. The van der Waals surface area contributed by atoms with Crippen LogP contribution < -0.4 is 16.4 Å². The van der Waals surface area contributed by atoms with E-state index in [0.29, 0.717) is 31.4 Å². The molecule has 1 aromatic heterocycles. The number of anilines is 1. The maximum Gasteiger partial charge on any atom is 0.435 e. The molecule has 12 heteroatoms. The molecular weight excluding hydrogens is 503 g/mol. The number of alkyl halides is 3. The summed E-state index contributed by atoms with van der Waals surface area (Å²) < 4.78 is 48.1. The quantitative estimate of drug-likeness (QED) is 0.462. The first kappa shape index (κ1) is 27.6. The maximum absolute atomic E-state index is 13.8. The highest BCUT2D eigenvalue weighted by atomic mass is 19.4. The van der Waals surface area contributed by atoms with Gasteiger partial charge in [0.1, 0.15) is 6.10 Å². The van der Waals surface area contributed by atoms with Gasteiger partial charge in [-0.2, -0.15) is 18.3 Å². The molecule has 0 bridgehead atoms. The lowest BCUT2D eigenvalue weighted by atomic mass is 9.75. The minimum Gasteiger partial charge on any atom is -0.461 e. The molecule has 1 saturated carbocycles. The van der Waals surface area contributed by atoms with Crippen LogP contribution >= 0.6 is 0 Å². The minimum atomic E-state index is -4.80. The van der Waals surface area contributed by atoms with Crippen molar-refractivity contribution >= 4 is 23.3 Å². The van der Waals surface area contributed by atoms with Gasteiger partial charge in [-0.3, -0.25) is 14.4 Å². The fourth-order valence-corrected chi connectivity index (χ4v) is 5.28. The summed E-state index contributed by atoms with van der Waals surface area (Å²) in [6.45, 7) is 3.78. The van der Waals surface area contributed by atoms with Crippen LogP contribution in [0.15, 0.2) is 18.2 Å². The topological polar surface area (TPSA) is 128 Å². The van der Waals surface area contributed by atoms with Crippen molar-refractivity contribution in [3.63, 3.8) is 0 Å². The van der Waals surface area contributed by atoms with Crippen molar-refractivity contribution in [3.05, 3.63) is 40.7 Å². The van der Waals surface area contributed by atoms with Gasteiger partial charge in [-0.1, -0.05) is 13.8 Å². The molecule has 1 heterocycles. The fraction of sp³-hybridized carbons (Fsp3) is 0.538. The van der Waals surface area contributed by atoms with Crippen molar-refractivity contribution in [3.8, 4) is 5.69 Å². The van der Waals surface area contributed by atoms with Crippen LogP contribution in [0.1, 0.15) is 78.1 Å². The second-order valence-corrected chi connectivity index (χ2v) is 10.8. The molecule has 1 amide bonds. The summed E-state index contributed by atoms with van der Waals surface area (Å²) in [5.74, 6) is -1.60. The number of esters is 1. The first-order valence-corrected chi connectivity index (χ1v) is 12.6. The number of carbonyl (C=O) groups excluding carboxylic acids is 3. The Hall–Kier alpha value is -3.41. The monoisotopic (exact) mass is 535 g/mol. The molecule has 4 N–H and O–H groups in total. The number of ketones is 1. The summed E-state index contributed by atoms with van der Waals surface area (Å²) >= 11 is 0. The molecule has 38 heavy (non-hydrogen) atoms. The van der Waals surface area contributed by atoms with Crippen LogP contribution in [0, 0.1) is 5.41 Å². The Bertz CT molecular complexity index is 1250. The summed E-state index contributed by atoms with van der Waals surface area (Å²) in [6.07, 6.45) is -2.22. The number of likely N-dealkylation sites (N-methyl/N-ethyl adjacent to an activating group) is 1. The number of benzene rings is 1. The number of hydrogen-bond acceptors (Lipinski definition) is 7. The summed E-state index contributed by atoms with van der Waals surface area (Å²) in [6, 6.07) is 4.39. The van der Waals surface area contributed by atoms with E-state index in [2.05, 4.69) is 15.7 Å². The van der Waals surface area contributed by atoms with Crippen LogP contribution in [0.4, 0.5) is 18.9 Å². The molecule has 1 aromatic carbocycles. The van der Waals surface area contributed by atoms with E-state index in [1.54, 1.807) is 13.1 Å². The van der Waals surface area contributed by atoms with E-state index in [1.165, 1.54) is 12.1 Å². The highest BCUT2D eigenvalue weighted by molar-refractivity contribution is 6.00. The lowest BCUT2D eigenvalue weighted by Crippen LogP contribution is -2.33. The standard InChI is InChI=1S/C26H32F3N5O4/c1-25(2)11-19-22(20(35)12-25)23(26(27,28)29)33-34(19)15-6-9-17(24(30)37)18(10-15)32-14-4-7-16(8-5-14)38-21(36)13-31-3/h6,9-10,14,16,31-32H,4-5,7-8,11-13H2,1-3H3,(H2,30,37)/t14-,16-. The molecule has 2 aliphatic carbocycles. The van der Waals surface area contributed by atoms with E-state index in [4.69, 9.17) is 10.5 Å². The average Bonchev–Trinajstić information content (AvgIpc) is 3.19. The first-order valence-electron chi connectivity index (χ1n) is 12.6. The molecular formula is C26H32F3N5O4. The first-order chi connectivity index (χ1) is 17.8. The van der Waals surface area contributed by atoms with Gasteiger partial charge >= 0.3 is 12.1 Å². The van der Waals surface area contributed by atoms with Gasteiger partial charge in [-0.25, -0.2) is 4.68 Å². The minimum absolute atomic E-state index is 0.00483. The third-order valence-electron chi connectivity index (χ3n) is 6.98. The number of ether oxygens (including phenoxy) is 1. The number of aromatic nitrogens is 2. The van der Waals surface area contributed by atoms with Gasteiger partial charge in [0, 0.05) is 18.2 Å². The predicted molar refractivity (Wildman–Crippen MR) is 133 cm³/mol. The van der Waals surface area contributed by atoms with Crippen molar-refractivity contribution in [1.29, 1.82) is 0 Å². The Morgan fingerprint density at radius 1 is 1.18 bits per heavy atom. The zero-order valence-electron chi connectivity index (χ0n) is 21.6. The molecule has 1 fully saturated rings. The zero-order chi connectivity index (χ0) is 27.8. The number of amides is 1. The van der Waals surface area contributed by atoms with Crippen molar-refractivity contribution in [2.24, 2.45) is 11.1 Å². The average molecular weight is 536 g/mol. The number of nitrogens with zero attached hydrogens (tertiary/aromatic N) is 2. The summed E-state index contributed by atoms with van der Waals surface area (Å²) in [5, 5.41) is 9.89. The highest BCUT2D eigenvalue weighted by Crippen LogP contribution is 2.42. The van der Waals surface area contributed by atoms with Gasteiger partial charge in [0.25, 0.3) is 5.91 Å². The molecule has 0 unspecified atom stereocenters. The van der Waals surface area contributed by atoms with Crippen molar-refractivity contribution in [1.82, 2.24) is 15.1 Å². The number of nitrogens with two attached hydrogens (primary N) is 1. The molecule has 4 rings (SSSR count). The van der Waals surface area contributed by atoms with E-state index < -0.39 is 34.5 Å². The zero-order valence-corrected chi connectivity index (χ0v) is 21.6. The highest BCUT2D eigenvalue weighted by Gasteiger charge is 2.45. The molecule has 0 atom stereocenters. The molecule has 2 aromatic rings. The second-order valence-electron chi connectivity index (χ2n) is 10.8. The van der Waals surface area contributed by atoms with E-state index in [0.717, 1.165) is 4.68 Å². The van der Waals surface area contributed by atoms with Gasteiger partial charge in [0.15, 0.2) is 11.5 Å². The van der Waals surface area contributed by atoms with Gasteiger partial charge in [-0.05, 0) is 62.8 Å².